The number of carbonyl (C=O) groups is 3. The van der Waals surface area contributed by atoms with Crippen molar-refractivity contribution in [3.05, 3.63) is 65.8 Å². The van der Waals surface area contributed by atoms with E-state index in [1.165, 1.54) is 6.92 Å². The van der Waals surface area contributed by atoms with Crippen molar-refractivity contribution >= 4 is 24.1 Å². The van der Waals surface area contributed by atoms with Gasteiger partial charge >= 0.3 is 11.9 Å². The number of carboxylic acid groups (broad SMARTS) is 1. The van der Waals surface area contributed by atoms with Crippen LogP contribution in [-0.4, -0.2) is 126 Å². The highest BCUT2D eigenvalue weighted by atomic mass is 16.6. The topological polar surface area (TPSA) is 197 Å². The Morgan fingerprint density at radius 3 is 2.40 bits per heavy atom. The maximum Gasteiger partial charge on any atom is 0.309 e. The van der Waals surface area contributed by atoms with Gasteiger partial charge in [0.2, 0.25) is 0 Å². The number of ether oxygens (including phenoxy) is 5. The van der Waals surface area contributed by atoms with Crippen LogP contribution in [0.15, 0.2) is 60.2 Å². The Hall–Kier alpha value is -3.63. The normalized spacial score (nSPS) is 30.5. The number of nitrogens with zero attached hydrogens (tertiary/aromatic N) is 1. The van der Waals surface area contributed by atoms with Gasteiger partial charge in [-0.15, -0.1) is 0 Å². The molecule has 14 nitrogen and oxygen atoms in total. The molecule has 1 aromatic rings. The van der Waals surface area contributed by atoms with Gasteiger partial charge in [-0.05, 0) is 69.4 Å². The number of epoxide rings is 1. The first-order valence-corrected chi connectivity index (χ1v) is 19.9. The second kappa shape index (κ2) is 22.5. The summed E-state index contributed by atoms with van der Waals surface area (Å²) in [6.07, 6.45) is 6.43. The number of anilines is 1. The molecule has 2 fully saturated rings. The third-order valence-electron chi connectivity index (χ3n) is 11.0. The number of hydrogen-bond acceptors (Lipinski definition) is 13. The van der Waals surface area contributed by atoms with Gasteiger partial charge in [0.25, 0.3) is 6.47 Å². The summed E-state index contributed by atoms with van der Waals surface area (Å²) >= 11 is 0. The molecule has 320 valence electrons. The van der Waals surface area contributed by atoms with Gasteiger partial charge in [0.15, 0.2) is 0 Å². The van der Waals surface area contributed by atoms with Gasteiger partial charge in [0.05, 0.1) is 49.6 Å². The van der Waals surface area contributed by atoms with Gasteiger partial charge in [-0.25, -0.2) is 0 Å². The summed E-state index contributed by atoms with van der Waals surface area (Å²) in [4.78, 5) is 35.5. The number of aliphatic hydroxyl groups is 3. The number of benzene rings is 1. The lowest BCUT2D eigenvalue weighted by molar-refractivity contribution is -0.157. The minimum Gasteiger partial charge on any atom is -0.483 e. The number of cyclic esters (lactones) is 1. The summed E-state index contributed by atoms with van der Waals surface area (Å²) in [7, 11) is 1.71. The van der Waals surface area contributed by atoms with Crippen LogP contribution in [0.3, 0.4) is 0 Å². The van der Waals surface area contributed by atoms with Crippen molar-refractivity contribution in [1.29, 1.82) is 0 Å². The van der Waals surface area contributed by atoms with E-state index in [0.717, 1.165) is 44.0 Å². The van der Waals surface area contributed by atoms with E-state index < -0.39 is 47.5 Å². The molecule has 14 heteroatoms. The van der Waals surface area contributed by atoms with E-state index >= 15 is 0 Å². The van der Waals surface area contributed by atoms with Gasteiger partial charge < -0.3 is 54.3 Å². The molecule has 57 heavy (non-hydrogen) atoms. The van der Waals surface area contributed by atoms with E-state index in [1.54, 1.807) is 51.3 Å². The number of esters is 2. The Morgan fingerprint density at radius 1 is 1.16 bits per heavy atom. The van der Waals surface area contributed by atoms with Crippen LogP contribution in [0.5, 0.6) is 0 Å². The Morgan fingerprint density at radius 2 is 1.81 bits per heavy atom. The summed E-state index contributed by atoms with van der Waals surface area (Å²) in [5.41, 5.74) is 0.125. The van der Waals surface area contributed by atoms with Crippen LogP contribution in [0.25, 0.3) is 0 Å². The first kappa shape index (κ1) is 47.7. The largest absolute Gasteiger partial charge is 0.483 e. The Bertz CT molecular complexity index is 1500. The fourth-order valence-corrected chi connectivity index (χ4v) is 7.54. The van der Waals surface area contributed by atoms with E-state index in [9.17, 15) is 24.9 Å². The third kappa shape index (κ3) is 14.6. The zero-order valence-electron chi connectivity index (χ0n) is 34.8. The van der Waals surface area contributed by atoms with Gasteiger partial charge in [-0.1, -0.05) is 57.2 Å². The van der Waals surface area contributed by atoms with Gasteiger partial charge in [0, 0.05) is 51.2 Å². The predicted molar refractivity (Wildman–Crippen MR) is 215 cm³/mol. The highest BCUT2D eigenvalue weighted by molar-refractivity contribution is 5.70. The fraction of sp³-hybridized carbons (Fsp3) is 0.651. The second-order valence-electron chi connectivity index (χ2n) is 15.8. The maximum atomic E-state index is 12.9. The third-order valence-corrected chi connectivity index (χ3v) is 11.0. The average molecular weight is 803 g/mol. The van der Waals surface area contributed by atoms with Crippen molar-refractivity contribution in [1.82, 2.24) is 5.32 Å². The average Bonchev–Trinajstić information content (AvgIpc) is 3.95. The van der Waals surface area contributed by atoms with Gasteiger partial charge in [-0.3, -0.25) is 14.4 Å². The molecule has 5 N–H and O–H groups in total. The van der Waals surface area contributed by atoms with Crippen molar-refractivity contribution in [3.8, 4) is 0 Å². The molecule has 4 rings (SSSR count). The number of hydrogen-bond donors (Lipinski definition) is 5. The molecule has 0 saturated carbocycles. The summed E-state index contributed by atoms with van der Waals surface area (Å²) < 4.78 is 28.8. The molecule has 3 aliphatic rings. The minimum absolute atomic E-state index is 0.0284. The van der Waals surface area contributed by atoms with Crippen LogP contribution in [0.1, 0.15) is 79.7 Å². The molecule has 0 aromatic heterocycles. The quantitative estimate of drug-likeness (QED) is 0.0593. The molecule has 0 amide bonds. The molecule has 2 unspecified atom stereocenters. The van der Waals surface area contributed by atoms with Crippen molar-refractivity contribution in [2.75, 3.05) is 38.3 Å². The molecule has 0 aliphatic carbocycles. The second-order valence-corrected chi connectivity index (χ2v) is 15.8. The standard InChI is InChI=1S/C42H64N2O10.CH2O2/c1-9-34(50-8)29(4)38-39(54-38)40(43-26-31-13-15-32(16-14-31)44-21-23-51-24-22-44)42(7,49)19-10-11-27(2)37-28(3)12-17-35(52-30(5)45)41(6,48)20-18-33(46)25-36(47)53-37;2-1-3/h10-17,19,28-29,33-35,37-40,43,46,48-49H,9,18,20-26H2,1-8H3;1H,(H,2,3)/b17-12+,19-10+,27-11+;/t28-,29+,33+,34-,35-,37-,38+,39-,40?,41+,42?;/m0./s1. The van der Waals surface area contributed by atoms with Gasteiger partial charge in [-0.2, -0.15) is 0 Å². The van der Waals surface area contributed by atoms with Crippen molar-refractivity contribution in [3.63, 3.8) is 0 Å². The summed E-state index contributed by atoms with van der Waals surface area (Å²) in [5, 5.41) is 44.2. The van der Waals surface area contributed by atoms with E-state index in [2.05, 4.69) is 48.3 Å². The van der Waals surface area contributed by atoms with Gasteiger partial charge in [0.1, 0.15) is 23.9 Å². The van der Waals surface area contributed by atoms with Crippen LogP contribution in [0.4, 0.5) is 5.69 Å². The summed E-state index contributed by atoms with van der Waals surface area (Å²) in [6, 6.07) is 7.99. The molecular formula is C43H66N2O12. The zero-order chi connectivity index (χ0) is 42.3. The molecule has 2 saturated heterocycles. The molecule has 3 heterocycles. The van der Waals surface area contributed by atoms with E-state index in [1.807, 2.05) is 13.8 Å². The molecule has 11 atom stereocenters. The van der Waals surface area contributed by atoms with Crippen LogP contribution in [0, 0.1) is 11.8 Å². The highest BCUT2D eigenvalue weighted by Gasteiger charge is 2.54. The molecule has 3 aliphatic heterocycles. The number of aliphatic hydroxyl groups excluding tert-OH is 1. The maximum absolute atomic E-state index is 12.9. The van der Waals surface area contributed by atoms with Crippen LogP contribution in [-0.2, 0) is 44.6 Å². The minimum atomic E-state index is -1.46. The Balaban J connectivity index is 0.00000281. The number of allylic oxidation sites excluding steroid dienone is 2. The monoisotopic (exact) mass is 802 g/mol. The lowest BCUT2D eigenvalue weighted by Crippen LogP contribution is -2.52. The number of rotatable bonds is 14. The Labute approximate surface area is 337 Å². The van der Waals surface area contributed by atoms with Crippen LogP contribution < -0.4 is 10.2 Å². The molecular weight excluding hydrogens is 736 g/mol. The lowest BCUT2D eigenvalue weighted by atomic mass is 9.87. The highest BCUT2D eigenvalue weighted by Crippen LogP contribution is 2.39. The smallest absolute Gasteiger partial charge is 0.309 e. The number of nitrogens with one attached hydrogen (secondary N) is 1. The van der Waals surface area contributed by atoms with Crippen LogP contribution in [0.2, 0.25) is 0 Å². The van der Waals surface area contributed by atoms with E-state index in [0.29, 0.717) is 12.1 Å². The fourth-order valence-electron chi connectivity index (χ4n) is 7.54. The summed E-state index contributed by atoms with van der Waals surface area (Å²) in [6.45, 7) is 15.9. The molecule has 0 bridgehead atoms. The Kier molecular flexibility index (Phi) is 18.8. The van der Waals surface area contributed by atoms with Crippen LogP contribution >= 0.6 is 0 Å². The van der Waals surface area contributed by atoms with E-state index in [4.69, 9.17) is 33.6 Å². The first-order chi connectivity index (χ1) is 27.0. The zero-order valence-corrected chi connectivity index (χ0v) is 34.8. The molecule has 0 spiro atoms. The van der Waals surface area contributed by atoms with Crippen molar-refractivity contribution in [2.24, 2.45) is 11.8 Å². The lowest BCUT2D eigenvalue weighted by Gasteiger charge is -2.32. The number of morpholine rings is 1. The van der Waals surface area contributed by atoms with Crippen molar-refractivity contribution < 1.29 is 58.5 Å². The van der Waals surface area contributed by atoms with Crippen molar-refractivity contribution in [2.45, 2.75) is 135 Å². The number of carbonyl (C=O) groups excluding carboxylic acids is 2. The predicted octanol–water partition coefficient (Wildman–Crippen LogP) is 4.10. The molecule has 1 aromatic carbocycles. The molecule has 0 radical (unpaired) electrons. The summed E-state index contributed by atoms with van der Waals surface area (Å²) in [5.74, 6) is -1.37. The first-order valence-electron chi connectivity index (χ1n) is 19.9. The number of methoxy groups -OCH3 is 1. The SMILES string of the molecule is CC[C@H](OC)[C@@H](C)[C@H]1O[C@@H]1C(NCc1ccc(N2CCOCC2)cc1)C(C)(O)/C=C/C=C(\C)[C@@H]1OC(=O)C[C@H](O)CC[C@@](C)(O)[C@@H](OC(C)=O)/C=C/[C@@H]1C.O=CO. The van der Waals surface area contributed by atoms with E-state index in [-0.39, 0.29) is 55.9 Å².